The quantitative estimate of drug-likeness (QED) is 0.368. The van der Waals surface area contributed by atoms with E-state index >= 15 is 0 Å². The van der Waals surface area contributed by atoms with E-state index in [1.54, 1.807) is 35.6 Å². The molecule has 0 unspecified atom stereocenters. The van der Waals surface area contributed by atoms with Gasteiger partial charge in [0.15, 0.2) is 0 Å². The minimum atomic E-state index is -3.44. The molecule has 1 aromatic rings. The van der Waals surface area contributed by atoms with Gasteiger partial charge in [0.25, 0.3) is 0 Å². The van der Waals surface area contributed by atoms with Gasteiger partial charge in [-0.15, -0.1) is 0 Å². The first kappa shape index (κ1) is 25.2. The molecule has 1 heterocycles. The molecule has 0 radical (unpaired) electrons. The number of sulfonamides is 1. The van der Waals surface area contributed by atoms with Crippen LogP contribution in [0.5, 0.6) is 0 Å². The van der Waals surface area contributed by atoms with E-state index < -0.39 is 10.0 Å². The van der Waals surface area contributed by atoms with Crippen LogP contribution < -0.4 is 0 Å². The first-order chi connectivity index (χ1) is 15.0. The van der Waals surface area contributed by atoms with Gasteiger partial charge < -0.3 is 9.64 Å². The first-order valence-corrected chi connectivity index (χ1v) is 14.3. The van der Waals surface area contributed by atoms with Crippen molar-refractivity contribution >= 4 is 26.0 Å². The van der Waals surface area contributed by atoms with Crippen LogP contribution >= 0.6 is 15.9 Å². The van der Waals surface area contributed by atoms with E-state index in [4.69, 9.17) is 4.74 Å². The second-order valence-electron chi connectivity index (χ2n) is 9.09. The lowest BCUT2D eigenvalue weighted by atomic mass is 9.93. The fraction of sp³-hybridized carbons (Fsp3) is 0.750. The number of hydrogen-bond acceptors (Lipinski definition) is 4. The van der Waals surface area contributed by atoms with Gasteiger partial charge in [-0.3, -0.25) is 0 Å². The highest BCUT2D eigenvalue weighted by Crippen LogP contribution is 2.28. The Kier molecular flexibility index (Phi) is 10.3. The lowest BCUT2D eigenvalue weighted by Gasteiger charge is -2.34. The SMILES string of the molecule is CN([C@H]1CC[C@H](OCCCCCCN2CCCCC2)CC1)S(=O)(=O)c1ccc(Br)cc1. The highest BCUT2D eigenvalue weighted by molar-refractivity contribution is 9.10. The fourth-order valence-electron chi connectivity index (χ4n) is 4.77. The molecule has 2 fully saturated rings. The summed E-state index contributed by atoms with van der Waals surface area (Å²) in [5.41, 5.74) is 0. The summed E-state index contributed by atoms with van der Waals surface area (Å²) in [6, 6.07) is 6.94. The molecule has 0 spiro atoms. The number of likely N-dealkylation sites (tertiary alicyclic amines) is 1. The van der Waals surface area contributed by atoms with E-state index in [0.29, 0.717) is 4.90 Å². The van der Waals surface area contributed by atoms with Gasteiger partial charge in [-0.2, -0.15) is 4.31 Å². The minimum absolute atomic E-state index is 0.0586. The van der Waals surface area contributed by atoms with Crippen molar-refractivity contribution in [1.29, 1.82) is 0 Å². The van der Waals surface area contributed by atoms with E-state index in [1.165, 1.54) is 58.2 Å². The van der Waals surface area contributed by atoms with Crippen molar-refractivity contribution in [3.8, 4) is 0 Å². The largest absolute Gasteiger partial charge is 0.378 e. The maximum absolute atomic E-state index is 12.9. The molecular weight excluding hydrogens is 476 g/mol. The molecule has 0 atom stereocenters. The van der Waals surface area contributed by atoms with Crippen LogP contribution in [0.25, 0.3) is 0 Å². The van der Waals surface area contributed by atoms with Gasteiger partial charge in [0.1, 0.15) is 0 Å². The molecule has 1 saturated carbocycles. The predicted octanol–water partition coefficient (Wildman–Crippen LogP) is 5.44. The van der Waals surface area contributed by atoms with E-state index in [2.05, 4.69) is 20.8 Å². The van der Waals surface area contributed by atoms with Gasteiger partial charge in [-0.1, -0.05) is 35.2 Å². The molecule has 0 N–H and O–H groups in total. The molecule has 31 heavy (non-hydrogen) atoms. The van der Waals surface area contributed by atoms with Crippen molar-refractivity contribution in [2.24, 2.45) is 0 Å². The van der Waals surface area contributed by atoms with Gasteiger partial charge in [0.05, 0.1) is 11.0 Å². The molecule has 1 aromatic carbocycles. The second kappa shape index (κ2) is 12.7. The van der Waals surface area contributed by atoms with Crippen LogP contribution in [-0.2, 0) is 14.8 Å². The van der Waals surface area contributed by atoms with Crippen molar-refractivity contribution in [3.05, 3.63) is 28.7 Å². The predicted molar refractivity (Wildman–Crippen MR) is 130 cm³/mol. The number of unbranched alkanes of at least 4 members (excludes halogenated alkanes) is 3. The van der Waals surface area contributed by atoms with Crippen LogP contribution in [0.1, 0.15) is 70.6 Å². The van der Waals surface area contributed by atoms with Gasteiger partial charge in [-0.25, -0.2) is 8.42 Å². The lowest BCUT2D eigenvalue weighted by Crippen LogP contribution is -2.40. The Balaban J connectivity index is 1.28. The molecule has 0 amide bonds. The Morgan fingerprint density at radius 1 is 0.968 bits per heavy atom. The van der Waals surface area contributed by atoms with E-state index in [1.807, 2.05) is 0 Å². The van der Waals surface area contributed by atoms with Gasteiger partial charge in [0.2, 0.25) is 10.0 Å². The number of halogens is 1. The summed E-state index contributed by atoms with van der Waals surface area (Å²) >= 11 is 3.36. The fourth-order valence-corrected chi connectivity index (χ4v) is 6.45. The Hall–Kier alpha value is -0.470. The minimum Gasteiger partial charge on any atom is -0.378 e. The molecule has 1 aliphatic carbocycles. The van der Waals surface area contributed by atoms with Crippen LogP contribution in [0.4, 0.5) is 0 Å². The summed E-state index contributed by atoms with van der Waals surface area (Å²) in [6.45, 7) is 4.70. The van der Waals surface area contributed by atoms with Crippen LogP contribution in [0.3, 0.4) is 0 Å². The maximum Gasteiger partial charge on any atom is 0.243 e. The number of ether oxygens (including phenoxy) is 1. The molecule has 1 aliphatic heterocycles. The molecule has 2 aliphatic rings. The number of benzene rings is 1. The third-order valence-electron chi connectivity index (χ3n) is 6.82. The summed E-state index contributed by atoms with van der Waals surface area (Å²) in [5.74, 6) is 0. The molecule has 1 saturated heterocycles. The average Bonchev–Trinajstić information content (AvgIpc) is 2.79. The summed E-state index contributed by atoms with van der Waals surface area (Å²) in [4.78, 5) is 2.98. The molecule has 176 valence electrons. The maximum atomic E-state index is 12.9. The smallest absolute Gasteiger partial charge is 0.243 e. The van der Waals surface area contributed by atoms with Crippen LogP contribution in [-0.4, -0.2) is 63.1 Å². The Morgan fingerprint density at radius 3 is 2.29 bits per heavy atom. The number of hydrogen-bond donors (Lipinski definition) is 0. The summed E-state index contributed by atoms with van der Waals surface area (Å²) in [6.07, 6.45) is 13.1. The van der Waals surface area contributed by atoms with Crippen LogP contribution in [0, 0.1) is 0 Å². The third-order valence-corrected chi connectivity index (χ3v) is 9.27. The number of rotatable bonds is 11. The third kappa shape index (κ3) is 7.81. The van der Waals surface area contributed by atoms with Crippen molar-refractivity contribution < 1.29 is 13.2 Å². The Labute approximate surface area is 197 Å². The zero-order chi connectivity index (χ0) is 22.1. The first-order valence-electron chi connectivity index (χ1n) is 12.0. The zero-order valence-corrected chi connectivity index (χ0v) is 21.4. The normalized spacial score (nSPS) is 23.3. The summed E-state index contributed by atoms with van der Waals surface area (Å²) in [7, 11) is -1.73. The van der Waals surface area contributed by atoms with Crippen molar-refractivity contribution in [2.45, 2.75) is 87.7 Å². The standard InChI is InChI=1S/C24H39BrN2O3S/c1-26(31(28,29)24-15-9-21(25)10-16-24)22-11-13-23(14-12-22)30-20-8-3-2-5-17-27-18-6-4-7-19-27/h9-10,15-16,22-23H,2-8,11-14,17-20H2,1H3/t22-,23-. The van der Waals surface area contributed by atoms with E-state index in [0.717, 1.165) is 43.2 Å². The molecule has 0 bridgehead atoms. The highest BCUT2D eigenvalue weighted by Gasteiger charge is 2.31. The summed E-state index contributed by atoms with van der Waals surface area (Å²) in [5, 5.41) is 0. The topological polar surface area (TPSA) is 49.9 Å². The lowest BCUT2D eigenvalue weighted by molar-refractivity contribution is 0.0156. The van der Waals surface area contributed by atoms with Crippen LogP contribution in [0.2, 0.25) is 0 Å². The van der Waals surface area contributed by atoms with Gasteiger partial charge >= 0.3 is 0 Å². The molecule has 5 nitrogen and oxygen atoms in total. The Bertz CT molecular complexity index is 743. The molecule has 3 rings (SSSR count). The molecular formula is C24H39BrN2O3S. The zero-order valence-electron chi connectivity index (χ0n) is 19.0. The van der Waals surface area contributed by atoms with Crippen molar-refractivity contribution in [1.82, 2.24) is 9.21 Å². The number of piperidine rings is 1. The monoisotopic (exact) mass is 514 g/mol. The van der Waals surface area contributed by atoms with Gasteiger partial charge in [-0.05, 0) is 95.3 Å². The van der Waals surface area contributed by atoms with E-state index in [9.17, 15) is 8.42 Å². The van der Waals surface area contributed by atoms with Crippen molar-refractivity contribution in [3.63, 3.8) is 0 Å². The summed E-state index contributed by atoms with van der Waals surface area (Å²) < 4.78 is 34.4. The Morgan fingerprint density at radius 2 is 1.61 bits per heavy atom. The van der Waals surface area contributed by atoms with Crippen molar-refractivity contribution in [2.75, 3.05) is 33.3 Å². The van der Waals surface area contributed by atoms with Crippen LogP contribution in [0.15, 0.2) is 33.6 Å². The number of nitrogens with zero attached hydrogens (tertiary/aromatic N) is 2. The molecule has 7 heteroatoms. The van der Waals surface area contributed by atoms with Gasteiger partial charge in [0, 0.05) is 24.2 Å². The molecule has 0 aromatic heterocycles. The van der Waals surface area contributed by atoms with E-state index in [-0.39, 0.29) is 12.1 Å². The average molecular weight is 516 g/mol. The second-order valence-corrected chi connectivity index (χ2v) is 12.0. The highest BCUT2D eigenvalue weighted by atomic mass is 79.9.